The average Bonchev–Trinajstić information content (AvgIpc) is 2.27. The van der Waals surface area contributed by atoms with Gasteiger partial charge in [0.1, 0.15) is 0 Å². The second kappa shape index (κ2) is 5.03. The van der Waals surface area contributed by atoms with E-state index >= 15 is 0 Å². The lowest BCUT2D eigenvalue weighted by Crippen LogP contribution is -2.58. The van der Waals surface area contributed by atoms with Crippen LogP contribution in [0.3, 0.4) is 0 Å². The van der Waals surface area contributed by atoms with Gasteiger partial charge in [-0.15, -0.1) is 0 Å². The van der Waals surface area contributed by atoms with Gasteiger partial charge >= 0.3 is 0 Å². The Bertz CT molecular complexity index is 213. The number of hydrogen-bond acceptors (Lipinski definition) is 2. The van der Waals surface area contributed by atoms with Crippen molar-refractivity contribution >= 4 is 0 Å². The molecule has 3 heteroatoms. The highest BCUT2D eigenvalue weighted by Gasteiger charge is 2.31. The summed E-state index contributed by atoms with van der Waals surface area (Å²) in [5.41, 5.74) is 5.97. The van der Waals surface area contributed by atoms with Crippen LogP contribution < -0.4 is 5.73 Å². The van der Waals surface area contributed by atoms with Crippen molar-refractivity contribution in [2.75, 3.05) is 46.8 Å². The molecule has 0 aromatic heterocycles. The van der Waals surface area contributed by atoms with Gasteiger partial charge in [-0.1, -0.05) is 0 Å². The van der Waals surface area contributed by atoms with Crippen LogP contribution in [0, 0.1) is 5.92 Å². The summed E-state index contributed by atoms with van der Waals surface area (Å²) in [6.45, 7) is 6.59. The van der Waals surface area contributed by atoms with Crippen LogP contribution in [0.25, 0.3) is 0 Å². The third-order valence-electron chi connectivity index (χ3n) is 4.63. The fourth-order valence-electron chi connectivity index (χ4n) is 3.22. The molecule has 0 atom stereocenters. The van der Waals surface area contributed by atoms with Crippen molar-refractivity contribution in [2.45, 2.75) is 31.7 Å². The van der Waals surface area contributed by atoms with Crippen LogP contribution in [0.4, 0.5) is 0 Å². The minimum absolute atomic E-state index is 0.494. The monoisotopic (exact) mass is 226 g/mol. The maximum absolute atomic E-state index is 5.97. The van der Waals surface area contributed by atoms with Crippen LogP contribution in [0.15, 0.2) is 0 Å². The van der Waals surface area contributed by atoms with E-state index in [9.17, 15) is 0 Å². The van der Waals surface area contributed by atoms with E-state index in [1.54, 1.807) is 0 Å². The van der Waals surface area contributed by atoms with E-state index in [-0.39, 0.29) is 0 Å². The highest BCUT2D eigenvalue weighted by molar-refractivity contribution is 4.74. The number of hydrogen-bond donors (Lipinski definition) is 1. The molecule has 0 aromatic rings. The van der Waals surface area contributed by atoms with E-state index in [1.165, 1.54) is 62.9 Å². The van der Waals surface area contributed by atoms with Gasteiger partial charge in [-0.3, -0.25) is 4.90 Å². The number of likely N-dealkylation sites (N-methyl/N-ethyl adjacent to an activating group) is 2. The second-order valence-corrected chi connectivity index (χ2v) is 6.33. The van der Waals surface area contributed by atoms with Gasteiger partial charge in [-0.25, -0.2) is 0 Å². The Morgan fingerprint density at radius 1 is 1.12 bits per heavy atom. The molecular weight excluding hydrogens is 198 g/mol. The van der Waals surface area contributed by atoms with Crippen molar-refractivity contribution in [3.8, 4) is 0 Å². The van der Waals surface area contributed by atoms with Crippen molar-refractivity contribution in [1.82, 2.24) is 4.90 Å². The quantitative estimate of drug-likeness (QED) is 0.709. The largest absolute Gasteiger partial charge is 0.328 e. The second-order valence-electron chi connectivity index (χ2n) is 6.33. The van der Waals surface area contributed by atoms with Crippen molar-refractivity contribution in [2.24, 2.45) is 11.7 Å². The van der Waals surface area contributed by atoms with Crippen molar-refractivity contribution in [1.29, 1.82) is 0 Å². The smallest absolute Gasteiger partial charge is 0.0914 e. The van der Waals surface area contributed by atoms with Crippen molar-refractivity contribution in [3.05, 3.63) is 0 Å². The summed E-state index contributed by atoms with van der Waals surface area (Å²) < 4.78 is 1.30. The zero-order chi connectivity index (χ0) is 11.6. The summed E-state index contributed by atoms with van der Waals surface area (Å²) >= 11 is 0. The summed E-state index contributed by atoms with van der Waals surface area (Å²) in [5.74, 6) is 0.938. The molecule has 1 heterocycles. The van der Waals surface area contributed by atoms with Gasteiger partial charge in [0.15, 0.2) is 0 Å². The van der Waals surface area contributed by atoms with Gasteiger partial charge in [0.2, 0.25) is 0 Å². The number of piperazine rings is 1. The standard InChI is InChI=1S/C13H28N3/c1-15-7-9-16(2,10-8-15)11-12-3-5-13(14)6-4-12/h12-13H,3-11,14H2,1-2H3/q+1. The first kappa shape index (κ1) is 12.3. The van der Waals surface area contributed by atoms with Crippen LogP contribution in [0.2, 0.25) is 0 Å². The molecule has 0 amide bonds. The maximum atomic E-state index is 5.97. The van der Waals surface area contributed by atoms with E-state index in [0.29, 0.717) is 6.04 Å². The van der Waals surface area contributed by atoms with Crippen molar-refractivity contribution in [3.63, 3.8) is 0 Å². The zero-order valence-corrected chi connectivity index (χ0v) is 11.0. The Kier molecular flexibility index (Phi) is 3.88. The molecule has 1 saturated carbocycles. The molecule has 2 N–H and O–H groups in total. The molecule has 2 fully saturated rings. The minimum Gasteiger partial charge on any atom is -0.328 e. The van der Waals surface area contributed by atoms with Crippen LogP contribution in [0.1, 0.15) is 25.7 Å². The Balaban J connectivity index is 1.80. The lowest BCUT2D eigenvalue weighted by molar-refractivity contribution is -0.916. The van der Waals surface area contributed by atoms with Gasteiger partial charge < -0.3 is 10.2 Å². The molecule has 94 valence electrons. The molecule has 1 aliphatic heterocycles. The number of quaternary nitrogens is 1. The van der Waals surface area contributed by atoms with Crippen LogP contribution in [-0.4, -0.2) is 62.2 Å². The molecule has 0 aromatic carbocycles. The van der Waals surface area contributed by atoms with Crippen LogP contribution in [-0.2, 0) is 0 Å². The van der Waals surface area contributed by atoms with E-state index in [0.717, 1.165) is 5.92 Å². The number of nitrogens with two attached hydrogens (primary N) is 1. The summed E-state index contributed by atoms with van der Waals surface area (Å²) in [4.78, 5) is 2.46. The predicted molar refractivity (Wildman–Crippen MR) is 68.2 cm³/mol. The first-order chi connectivity index (χ1) is 7.57. The third kappa shape index (κ3) is 3.19. The lowest BCUT2D eigenvalue weighted by atomic mass is 9.85. The number of nitrogens with zero attached hydrogens (tertiary/aromatic N) is 2. The highest BCUT2D eigenvalue weighted by Crippen LogP contribution is 2.26. The molecule has 1 aliphatic carbocycles. The molecule has 0 radical (unpaired) electrons. The normalized spacial score (nSPS) is 36.2. The SMILES string of the molecule is CN1CC[N+](C)(CC2CCC(N)CC2)CC1. The number of rotatable bonds is 2. The van der Waals surface area contributed by atoms with E-state index < -0.39 is 0 Å². The summed E-state index contributed by atoms with van der Waals surface area (Å²) in [7, 11) is 4.69. The first-order valence-electron chi connectivity index (χ1n) is 6.85. The van der Waals surface area contributed by atoms with Gasteiger partial charge in [-0.2, -0.15) is 0 Å². The van der Waals surface area contributed by atoms with E-state index in [2.05, 4.69) is 19.0 Å². The predicted octanol–water partition coefficient (Wildman–Crippen LogP) is 0.896. The Hall–Kier alpha value is -0.120. The molecular formula is C13H28N3+. The molecule has 0 bridgehead atoms. The fraction of sp³-hybridized carbons (Fsp3) is 1.00. The summed E-state index contributed by atoms with van der Waals surface area (Å²) in [6, 6.07) is 0.494. The highest BCUT2D eigenvalue weighted by atomic mass is 15.4. The molecule has 16 heavy (non-hydrogen) atoms. The van der Waals surface area contributed by atoms with Gasteiger partial charge in [-0.05, 0) is 32.7 Å². The van der Waals surface area contributed by atoms with Crippen molar-refractivity contribution < 1.29 is 4.48 Å². The van der Waals surface area contributed by atoms with E-state index in [4.69, 9.17) is 5.73 Å². The summed E-state index contributed by atoms with van der Waals surface area (Å²) in [6.07, 6.45) is 5.24. The van der Waals surface area contributed by atoms with Gasteiger partial charge in [0.05, 0.1) is 26.7 Å². The third-order valence-corrected chi connectivity index (χ3v) is 4.63. The average molecular weight is 226 g/mol. The van der Waals surface area contributed by atoms with Gasteiger partial charge in [0, 0.05) is 25.0 Å². The fourth-order valence-corrected chi connectivity index (χ4v) is 3.22. The molecule has 3 nitrogen and oxygen atoms in total. The lowest BCUT2D eigenvalue weighted by Gasteiger charge is -2.43. The Labute approximate surface area is 100 Å². The topological polar surface area (TPSA) is 29.3 Å². The minimum atomic E-state index is 0.494. The Morgan fingerprint density at radius 2 is 1.69 bits per heavy atom. The molecule has 2 rings (SSSR count). The maximum Gasteiger partial charge on any atom is 0.0914 e. The van der Waals surface area contributed by atoms with Gasteiger partial charge in [0.25, 0.3) is 0 Å². The van der Waals surface area contributed by atoms with Crippen LogP contribution >= 0.6 is 0 Å². The molecule has 1 saturated heterocycles. The molecule has 2 aliphatic rings. The van der Waals surface area contributed by atoms with E-state index in [1.807, 2.05) is 0 Å². The first-order valence-corrected chi connectivity index (χ1v) is 6.85. The summed E-state index contributed by atoms with van der Waals surface area (Å²) in [5, 5.41) is 0. The van der Waals surface area contributed by atoms with Crippen LogP contribution in [0.5, 0.6) is 0 Å². The molecule has 0 spiro atoms. The zero-order valence-electron chi connectivity index (χ0n) is 11.0. The Morgan fingerprint density at radius 3 is 2.25 bits per heavy atom. The molecule has 0 unspecified atom stereocenters.